The Morgan fingerprint density at radius 1 is 1.44 bits per heavy atom. The van der Waals surface area contributed by atoms with Crippen LogP contribution in [0, 0.1) is 0 Å². The summed E-state index contributed by atoms with van der Waals surface area (Å²) in [6, 6.07) is 0. The number of carbonyl (C=O) groups excluding carboxylic acids is 1. The second-order valence-corrected chi connectivity index (χ2v) is 5.18. The van der Waals surface area contributed by atoms with Crippen molar-refractivity contribution in [2.45, 2.75) is 24.6 Å². The van der Waals surface area contributed by atoms with Crippen molar-refractivity contribution in [2.24, 2.45) is 5.73 Å². The fourth-order valence-corrected chi connectivity index (χ4v) is 2.78. The van der Waals surface area contributed by atoms with Crippen LogP contribution in [0.2, 0.25) is 0 Å². The van der Waals surface area contributed by atoms with Crippen LogP contribution in [0.25, 0.3) is 0 Å². The van der Waals surface area contributed by atoms with Crippen LogP contribution >= 0.6 is 11.3 Å². The topological polar surface area (TPSA) is 59.2 Å². The minimum atomic E-state index is -4.81. The molecule has 1 aliphatic rings. The Morgan fingerprint density at radius 3 is 2.50 bits per heavy atom. The fourth-order valence-electron chi connectivity index (χ4n) is 1.97. The zero-order valence-electron chi connectivity index (χ0n) is 9.41. The van der Waals surface area contributed by atoms with E-state index in [2.05, 4.69) is 4.98 Å². The molecule has 2 rings (SSSR count). The van der Waals surface area contributed by atoms with E-state index in [9.17, 15) is 18.0 Å². The Kier molecular flexibility index (Phi) is 3.33. The average Bonchev–Trinajstić information content (AvgIpc) is 2.82. The van der Waals surface area contributed by atoms with E-state index in [-0.39, 0.29) is 13.1 Å². The molecule has 0 atom stereocenters. The number of piperidine rings is 1. The SMILES string of the molecule is NC1(c2nccs2)CCN(C(=O)C(F)(F)F)CC1. The molecule has 1 saturated heterocycles. The van der Waals surface area contributed by atoms with Gasteiger partial charge in [0.15, 0.2) is 0 Å². The average molecular weight is 279 g/mol. The lowest BCUT2D eigenvalue weighted by atomic mass is 9.89. The predicted octanol–water partition coefficient (Wildman–Crippen LogP) is 1.48. The van der Waals surface area contributed by atoms with E-state index in [4.69, 9.17) is 5.73 Å². The quantitative estimate of drug-likeness (QED) is 0.847. The summed E-state index contributed by atoms with van der Waals surface area (Å²) in [6.45, 7) is 0.0167. The number of hydrogen-bond acceptors (Lipinski definition) is 4. The van der Waals surface area contributed by atoms with Crippen LogP contribution in [-0.2, 0) is 10.3 Å². The first-order chi connectivity index (χ1) is 8.33. The molecule has 0 saturated carbocycles. The van der Waals surface area contributed by atoms with Crippen LogP contribution < -0.4 is 5.73 Å². The van der Waals surface area contributed by atoms with E-state index in [0.717, 1.165) is 4.90 Å². The molecule has 1 fully saturated rings. The third kappa shape index (κ3) is 2.49. The van der Waals surface area contributed by atoms with Crippen LogP contribution in [0.3, 0.4) is 0 Å². The second-order valence-electron chi connectivity index (χ2n) is 4.28. The van der Waals surface area contributed by atoms with Gasteiger partial charge in [-0.2, -0.15) is 13.2 Å². The number of nitrogens with zero attached hydrogens (tertiary/aromatic N) is 2. The summed E-state index contributed by atoms with van der Waals surface area (Å²) >= 11 is 1.38. The lowest BCUT2D eigenvalue weighted by Gasteiger charge is -2.38. The number of aromatic nitrogens is 1. The maximum absolute atomic E-state index is 12.3. The normalized spacial score (nSPS) is 19.9. The Morgan fingerprint density at radius 2 is 2.06 bits per heavy atom. The molecule has 2 N–H and O–H groups in total. The number of rotatable bonds is 1. The molecule has 100 valence electrons. The van der Waals surface area contributed by atoms with E-state index in [1.807, 2.05) is 0 Å². The third-order valence-corrected chi connectivity index (χ3v) is 4.04. The first-order valence-electron chi connectivity index (χ1n) is 5.38. The second kappa shape index (κ2) is 4.51. The Balaban J connectivity index is 2.02. The first-order valence-corrected chi connectivity index (χ1v) is 6.26. The lowest BCUT2D eigenvalue weighted by Crippen LogP contribution is -2.52. The van der Waals surface area contributed by atoms with Gasteiger partial charge in [0.1, 0.15) is 5.01 Å². The van der Waals surface area contributed by atoms with Gasteiger partial charge in [-0.25, -0.2) is 4.98 Å². The first kappa shape index (κ1) is 13.3. The zero-order chi connectivity index (χ0) is 13.4. The number of amides is 1. The molecule has 0 radical (unpaired) electrons. The number of carbonyl (C=O) groups is 1. The molecular formula is C10H12F3N3OS. The molecule has 1 amide bonds. The summed E-state index contributed by atoms with van der Waals surface area (Å²) < 4.78 is 36.8. The number of likely N-dealkylation sites (tertiary alicyclic amines) is 1. The number of halogens is 3. The molecule has 18 heavy (non-hydrogen) atoms. The maximum Gasteiger partial charge on any atom is 0.471 e. The highest BCUT2D eigenvalue weighted by Gasteiger charge is 2.45. The minimum absolute atomic E-state index is 0.00836. The summed E-state index contributed by atoms with van der Waals surface area (Å²) in [6.07, 6.45) is -2.61. The maximum atomic E-state index is 12.3. The van der Waals surface area contributed by atoms with Gasteiger partial charge in [-0.15, -0.1) is 11.3 Å². The monoisotopic (exact) mass is 279 g/mol. The van der Waals surface area contributed by atoms with Crippen molar-refractivity contribution >= 4 is 17.2 Å². The van der Waals surface area contributed by atoms with Crippen LogP contribution in [0.15, 0.2) is 11.6 Å². The van der Waals surface area contributed by atoms with Gasteiger partial charge >= 0.3 is 12.1 Å². The molecular weight excluding hydrogens is 267 g/mol. The molecule has 2 heterocycles. The van der Waals surface area contributed by atoms with Crippen molar-refractivity contribution in [3.63, 3.8) is 0 Å². The molecule has 0 unspecified atom stereocenters. The Bertz CT molecular complexity index is 424. The van der Waals surface area contributed by atoms with Gasteiger partial charge in [-0.3, -0.25) is 4.79 Å². The van der Waals surface area contributed by atoms with Gasteiger partial charge in [0.25, 0.3) is 0 Å². The lowest BCUT2D eigenvalue weighted by molar-refractivity contribution is -0.186. The van der Waals surface area contributed by atoms with Gasteiger partial charge in [0, 0.05) is 24.7 Å². The standard InChI is InChI=1S/C10H12F3N3OS/c11-10(12,13)8(17)16-4-1-9(14,2-5-16)7-15-3-6-18-7/h3,6H,1-2,4-5,14H2. The van der Waals surface area contributed by atoms with E-state index in [1.165, 1.54) is 11.3 Å². The molecule has 0 bridgehead atoms. The summed E-state index contributed by atoms with van der Waals surface area (Å²) in [5, 5.41) is 2.48. The highest BCUT2D eigenvalue weighted by molar-refractivity contribution is 7.09. The molecule has 1 aliphatic heterocycles. The fraction of sp³-hybridized carbons (Fsp3) is 0.600. The van der Waals surface area contributed by atoms with Crippen molar-refractivity contribution in [1.82, 2.24) is 9.88 Å². The summed E-state index contributed by atoms with van der Waals surface area (Å²) in [5.74, 6) is -1.79. The predicted molar refractivity (Wildman–Crippen MR) is 59.8 cm³/mol. The summed E-state index contributed by atoms with van der Waals surface area (Å²) in [5.41, 5.74) is 5.41. The van der Waals surface area contributed by atoms with Gasteiger partial charge in [-0.05, 0) is 12.8 Å². The van der Waals surface area contributed by atoms with Gasteiger partial charge in [-0.1, -0.05) is 0 Å². The third-order valence-electron chi connectivity index (χ3n) is 3.04. The highest BCUT2D eigenvalue weighted by Crippen LogP contribution is 2.32. The van der Waals surface area contributed by atoms with Crippen LogP contribution in [0.1, 0.15) is 17.8 Å². The molecule has 0 aliphatic carbocycles. The largest absolute Gasteiger partial charge is 0.471 e. The highest BCUT2D eigenvalue weighted by atomic mass is 32.1. The van der Waals surface area contributed by atoms with Crippen molar-refractivity contribution in [3.05, 3.63) is 16.6 Å². The summed E-state index contributed by atoms with van der Waals surface area (Å²) in [7, 11) is 0. The van der Waals surface area contributed by atoms with Crippen LogP contribution in [-0.4, -0.2) is 35.1 Å². The van der Waals surface area contributed by atoms with Crippen molar-refractivity contribution in [3.8, 4) is 0 Å². The van der Waals surface area contributed by atoms with Crippen LogP contribution in [0.4, 0.5) is 13.2 Å². The molecule has 8 heteroatoms. The molecule has 1 aromatic heterocycles. The van der Waals surface area contributed by atoms with Crippen LogP contribution in [0.5, 0.6) is 0 Å². The van der Waals surface area contributed by atoms with Gasteiger partial charge in [0.2, 0.25) is 0 Å². The van der Waals surface area contributed by atoms with E-state index >= 15 is 0 Å². The molecule has 0 aromatic carbocycles. The zero-order valence-corrected chi connectivity index (χ0v) is 10.2. The number of alkyl halides is 3. The number of nitrogens with two attached hydrogens (primary N) is 1. The van der Waals surface area contributed by atoms with Gasteiger partial charge in [0.05, 0.1) is 5.54 Å². The van der Waals surface area contributed by atoms with E-state index in [0.29, 0.717) is 17.8 Å². The molecule has 1 aromatic rings. The number of thiazole rings is 1. The van der Waals surface area contributed by atoms with Gasteiger partial charge < -0.3 is 10.6 Å². The number of hydrogen-bond donors (Lipinski definition) is 1. The molecule has 4 nitrogen and oxygen atoms in total. The van der Waals surface area contributed by atoms with E-state index < -0.39 is 17.6 Å². The van der Waals surface area contributed by atoms with Crippen molar-refractivity contribution < 1.29 is 18.0 Å². The molecule has 0 spiro atoms. The van der Waals surface area contributed by atoms with E-state index in [1.54, 1.807) is 11.6 Å². The van der Waals surface area contributed by atoms with Crippen molar-refractivity contribution in [1.29, 1.82) is 0 Å². The Labute approximate surface area is 106 Å². The smallest absolute Gasteiger partial charge is 0.335 e. The Hall–Kier alpha value is -1.15. The minimum Gasteiger partial charge on any atom is -0.335 e. The van der Waals surface area contributed by atoms with Crippen molar-refractivity contribution in [2.75, 3.05) is 13.1 Å². The summed E-state index contributed by atoms with van der Waals surface area (Å²) in [4.78, 5) is 16.0.